The monoisotopic (exact) mass is 441 g/mol. The third-order valence-electron chi connectivity index (χ3n) is 4.11. The van der Waals surface area contributed by atoms with Crippen molar-refractivity contribution in [2.45, 2.75) is 45.4 Å². The molecule has 4 N–H and O–H groups in total. The Morgan fingerprint density at radius 3 is 2.16 bits per heavy atom. The fourth-order valence-corrected chi connectivity index (χ4v) is 2.63. The summed E-state index contributed by atoms with van der Waals surface area (Å²) in [7, 11) is 0. The summed E-state index contributed by atoms with van der Waals surface area (Å²) in [5, 5.41) is 22.1. The van der Waals surface area contributed by atoms with Crippen molar-refractivity contribution in [1.29, 1.82) is 5.41 Å². The number of hydrogen-bond acceptors (Lipinski definition) is 6. The number of aliphatic carboxylic acids is 1. The summed E-state index contributed by atoms with van der Waals surface area (Å²) < 4.78 is 10.2. The maximum atomic E-state index is 11.9. The van der Waals surface area contributed by atoms with Crippen molar-refractivity contribution >= 4 is 24.0 Å². The quantitative estimate of drug-likeness (QED) is 0.383. The van der Waals surface area contributed by atoms with Crippen molar-refractivity contribution in [3.05, 3.63) is 71.3 Å². The van der Waals surface area contributed by atoms with Crippen LogP contribution in [0.1, 0.15) is 37.5 Å². The standard InChI is InChI=1S/C23H27N3O6/c1-23(2,3)32-22(30)25-18(20(27)28)13-15-9-11-17(12-10-15)19(24)26-21(29)31-14-16-7-5-4-6-8-16/h4-12,18H,13-14H2,1-3H3,(H,25,30)(H,27,28)(H2,24,26,29)/t18-/m0/s1. The van der Waals surface area contributed by atoms with Gasteiger partial charge in [-0.1, -0.05) is 54.6 Å². The highest BCUT2D eigenvalue weighted by Gasteiger charge is 2.24. The molecule has 170 valence electrons. The molecule has 0 fully saturated rings. The largest absolute Gasteiger partial charge is 0.480 e. The summed E-state index contributed by atoms with van der Waals surface area (Å²) in [4.78, 5) is 35.3. The molecule has 0 bridgehead atoms. The van der Waals surface area contributed by atoms with Crippen LogP contribution in [0.3, 0.4) is 0 Å². The molecule has 0 aliphatic heterocycles. The number of amides is 2. The summed E-state index contributed by atoms with van der Waals surface area (Å²) in [6.45, 7) is 5.13. The SMILES string of the molecule is CC(C)(C)OC(=O)N[C@@H](Cc1ccc(C(=N)NC(=O)OCc2ccccc2)cc1)C(=O)O. The smallest absolute Gasteiger partial charge is 0.413 e. The first-order chi connectivity index (χ1) is 15.0. The van der Waals surface area contributed by atoms with Crippen LogP contribution in [0.25, 0.3) is 0 Å². The Morgan fingerprint density at radius 1 is 0.969 bits per heavy atom. The molecule has 32 heavy (non-hydrogen) atoms. The van der Waals surface area contributed by atoms with Gasteiger partial charge in [0.15, 0.2) is 0 Å². The number of rotatable bonds is 7. The highest BCUT2D eigenvalue weighted by Crippen LogP contribution is 2.10. The molecule has 0 heterocycles. The highest BCUT2D eigenvalue weighted by molar-refractivity contribution is 6.04. The van der Waals surface area contributed by atoms with E-state index in [1.54, 1.807) is 45.0 Å². The van der Waals surface area contributed by atoms with Gasteiger partial charge in [0.1, 0.15) is 24.1 Å². The van der Waals surface area contributed by atoms with Crippen LogP contribution in [0.15, 0.2) is 54.6 Å². The van der Waals surface area contributed by atoms with E-state index in [1.165, 1.54) is 0 Å². The molecule has 0 aromatic heterocycles. The van der Waals surface area contributed by atoms with Gasteiger partial charge in [0.25, 0.3) is 0 Å². The van der Waals surface area contributed by atoms with Gasteiger partial charge in [0.2, 0.25) is 0 Å². The number of carboxylic acid groups (broad SMARTS) is 1. The van der Waals surface area contributed by atoms with Crippen molar-refractivity contribution in [1.82, 2.24) is 10.6 Å². The fraction of sp³-hybridized carbons (Fsp3) is 0.304. The number of carbonyl (C=O) groups is 3. The molecule has 1 atom stereocenters. The first-order valence-corrected chi connectivity index (χ1v) is 9.91. The topological polar surface area (TPSA) is 138 Å². The van der Waals surface area contributed by atoms with E-state index in [4.69, 9.17) is 14.9 Å². The second-order valence-corrected chi connectivity index (χ2v) is 8.00. The Labute approximate surface area is 186 Å². The molecule has 2 amide bonds. The van der Waals surface area contributed by atoms with Crippen LogP contribution in [-0.4, -0.2) is 40.7 Å². The molecule has 0 aliphatic rings. The third-order valence-corrected chi connectivity index (χ3v) is 4.11. The number of amidine groups is 1. The van der Waals surface area contributed by atoms with Crippen molar-refractivity contribution in [2.75, 3.05) is 0 Å². The number of nitrogens with one attached hydrogen (secondary N) is 3. The molecular weight excluding hydrogens is 414 g/mol. The van der Waals surface area contributed by atoms with E-state index >= 15 is 0 Å². The van der Waals surface area contributed by atoms with Gasteiger partial charge in [0.05, 0.1) is 0 Å². The average molecular weight is 441 g/mol. The maximum absolute atomic E-state index is 11.9. The Morgan fingerprint density at radius 2 is 1.59 bits per heavy atom. The zero-order chi connectivity index (χ0) is 23.7. The van der Waals surface area contributed by atoms with Gasteiger partial charge in [-0.15, -0.1) is 0 Å². The molecule has 0 aliphatic carbocycles. The number of hydrogen-bond donors (Lipinski definition) is 4. The van der Waals surface area contributed by atoms with Crippen LogP contribution in [0, 0.1) is 5.41 Å². The lowest BCUT2D eigenvalue weighted by molar-refractivity contribution is -0.139. The van der Waals surface area contributed by atoms with E-state index in [1.807, 2.05) is 30.3 Å². The summed E-state index contributed by atoms with van der Waals surface area (Å²) in [6.07, 6.45) is -1.55. The van der Waals surface area contributed by atoms with E-state index in [9.17, 15) is 19.5 Å². The maximum Gasteiger partial charge on any atom is 0.413 e. The Bertz CT molecular complexity index is 952. The number of carbonyl (C=O) groups excluding carboxylic acids is 2. The zero-order valence-corrected chi connectivity index (χ0v) is 18.2. The second kappa shape index (κ2) is 10.9. The van der Waals surface area contributed by atoms with Gasteiger partial charge in [-0.3, -0.25) is 10.7 Å². The first-order valence-electron chi connectivity index (χ1n) is 9.91. The summed E-state index contributed by atoms with van der Waals surface area (Å²) >= 11 is 0. The third kappa shape index (κ3) is 8.47. The van der Waals surface area contributed by atoms with Gasteiger partial charge in [-0.05, 0) is 31.9 Å². The fourth-order valence-electron chi connectivity index (χ4n) is 2.63. The van der Waals surface area contributed by atoms with Gasteiger partial charge in [-0.2, -0.15) is 0 Å². The van der Waals surface area contributed by atoms with Crippen LogP contribution in [0.5, 0.6) is 0 Å². The molecule has 2 aromatic carbocycles. The van der Waals surface area contributed by atoms with Gasteiger partial charge >= 0.3 is 18.2 Å². The van der Waals surface area contributed by atoms with E-state index in [2.05, 4.69) is 10.6 Å². The number of benzene rings is 2. The van der Waals surface area contributed by atoms with Gasteiger partial charge in [-0.25, -0.2) is 14.4 Å². The van der Waals surface area contributed by atoms with Crippen molar-refractivity contribution in [3.8, 4) is 0 Å². The molecule has 9 heteroatoms. The molecule has 0 saturated heterocycles. The second-order valence-electron chi connectivity index (χ2n) is 8.00. The van der Waals surface area contributed by atoms with E-state index < -0.39 is 29.8 Å². The molecule has 9 nitrogen and oxygen atoms in total. The minimum atomic E-state index is -1.20. The minimum Gasteiger partial charge on any atom is -0.480 e. The molecule has 0 spiro atoms. The molecular formula is C23H27N3O6. The summed E-state index contributed by atoms with van der Waals surface area (Å²) in [6, 6.07) is 14.4. The predicted octanol–water partition coefficient (Wildman–Crippen LogP) is 3.46. The van der Waals surface area contributed by atoms with Gasteiger partial charge in [0, 0.05) is 12.0 Å². The Kier molecular flexibility index (Phi) is 8.34. The Balaban J connectivity index is 1.90. The van der Waals surface area contributed by atoms with Crippen molar-refractivity contribution in [3.63, 3.8) is 0 Å². The van der Waals surface area contributed by atoms with E-state index in [-0.39, 0.29) is 18.9 Å². The van der Waals surface area contributed by atoms with Gasteiger partial charge < -0.3 is 19.9 Å². The highest BCUT2D eigenvalue weighted by atomic mass is 16.6. The van der Waals surface area contributed by atoms with Crippen molar-refractivity contribution < 1.29 is 29.0 Å². The lowest BCUT2D eigenvalue weighted by Gasteiger charge is -2.22. The lowest BCUT2D eigenvalue weighted by atomic mass is 10.0. The number of ether oxygens (including phenoxy) is 2. The van der Waals surface area contributed by atoms with Crippen LogP contribution >= 0.6 is 0 Å². The average Bonchev–Trinajstić information content (AvgIpc) is 2.71. The number of alkyl carbamates (subject to hydrolysis) is 2. The molecule has 2 aromatic rings. The molecule has 0 unspecified atom stereocenters. The van der Waals surface area contributed by atoms with Crippen LogP contribution in [-0.2, 0) is 27.3 Å². The van der Waals surface area contributed by atoms with Crippen LogP contribution < -0.4 is 10.6 Å². The van der Waals surface area contributed by atoms with Crippen molar-refractivity contribution in [2.24, 2.45) is 0 Å². The lowest BCUT2D eigenvalue weighted by Crippen LogP contribution is -2.44. The molecule has 2 rings (SSSR count). The normalized spacial score (nSPS) is 11.7. The minimum absolute atomic E-state index is 0.0226. The predicted molar refractivity (Wildman–Crippen MR) is 118 cm³/mol. The zero-order valence-electron chi connectivity index (χ0n) is 18.2. The van der Waals surface area contributed by atoms with Crippen LogP contribution in [0.2, 0.25) is 0 Å². The van der Waals surface area contributed by atoms with E-state index in [0.717, 1.165) is 5.56 Å². The first kappa shape index (κ1) is 24.4. The molecule has 0 radical (unpaired) electrons. The summed E-state index contributed by atoms with van der Waals surface area (Å²) in [5.74, 6) is -1.35. The Hall–Kier alpha value is -3.88. The summed E-state index contributed by atoms with van der Waals surface area (Å²) in [5.41, 5.74) is 1.12. The molecule has 0 saturated carbocycles. The van der Waals surface area contributed by atoms with Crippen LogP contribution in [0.4, 0.5) is 9.59 Å². The number of carboxylic acids is 1. The van der Waals surface area contributed by atoms with E-state index in [0.29, 0.717) is 11.1 Å².